The van der Waals surface area contributed by atoms with Gasteiger partial charge in [0.05, 0.1) is 6.61 Å². The van der Waals surface area contributed by atoms with E-state index in [1.807, 2.05) is 0 Å². The number of rotatable bonds is 6. The molecule has 2 rings (SSSR count). The molecule has 5 atom stereocenters. The predicted octanol–water partition coefficient (Wildman–Crippen LogP) is -1.66. The summed E-state index contributed by atoms with van der Waals surface area (Å²) in [5.41, 5.74) is 5.01. The number of primary amides is 1. The first kappa shape index (κ1) is 16.7. The second-order valence-corrected chi connectivity index (χ2v) is 6.25. The quantitative estimate of drug-likeness (QED) is 0.444. The number of hydrogen-bond acceptors (Lipinski definition) is 8. The molecule has 1 amide bonds. The zero-order valence-electron chi connectivity index (χ0n) is 11.2. The predicted molar refractivity (Wildman–Crippen MR) is 70.4 cm³/mol. The van der Waals surface area contributed by atoms with Crippen molar-refractivity contribution in [1.29, 1.82) is 0 Å². The second kappa shape index (κ2) is 6.24. The molecule has 2 unspecified atom stereocenters. The Morgan fingerprint density at radius 2 is 2.27 bits per heavy atom. The third kappa shape index (κ3) is 3.40. The normalized spacial score (nSPS) is 30.9. The Hall–Kier alpha value is -1.62. The molecule has 0 aromatic carbocycles. The highest BCUT2D eigenvalue weighted by Crippen LogP contribution is 2.43. The third-order valence-corrected chi connectivity index (χ3v) is 3.96. The zero-order chi connectivity index (χ0) is 16.5. The van der Waals surface area contributed by atoms with E-state index in [0.717, 1.165) is 16.8 Å². The molecule has 1 aliphatic rings. The van der Waals surface area contributed by atoms with Crippen LogP contribution in [0.15, 0.2) is 18.7 Å². The number of nitrogens with zero attached hydrogens (tertiary/aromatic N) is 3. The number of aromatic nitrogens is 3. The summed E-state index contributed by atoms with van der Waals surface area (Å²) >= 11 is 0. The van der Waals surface area contributed by atoms with Crippen molar-refractivity contribution in [2.24, 2.45) is 5.73 Å². The van der Waals surface area contributed by atoms with Crippen LogP contribution < -0.4 is 5.73 Å². The maximum Gasteiger partial charge on any atom is 0.351 e. The summed E-state index contributed by atoms with van der Waals surface area (Å²) < 4.78 is 22.3. The molecule has 12 heteroatoms. The summed E-state index contributed by atoms with van der Waals surface area (Å²) in [5.74, 6) is -0.408. The zero-order valence-corrected chi connectivity index (χ0v) is 12.1. The fraction of sp³-hybridized carbons (Fsp3) is 0.500. The monoisotopic (exact) mass is 334 g/mol. The molecular weight excluding hydrogens is 319 g/mol. The van der Waals surface area contributed by atoms with Gasteiger partial charge >= 0.3 is 7.60 Å². The summed E-state index contributed by atoms with van der Waals surface area (Å²) in [7, 11) is -3.98. The molecule has 11 nitrogen and oxygen atoms in total. The van der Waals surface area contributed by atoms with Crippen LogP contribution in [0.1, 0.15) is 16.8 Å². The highest BCUT2D eigenvalue weighted by molar-refractivity contribution is 7.56. The topological polar surface area (TPSA) is 170 Å². The SMILES string of the molecule is C=CP(=O)(O)OCC1O[C@@H](n2cnc(C(N)=O)n2)[C@H](O)[C@@H]1O. The number of hydrogen-bond donors (Lipinski definition) is 4. The first-order chi connectivity index (χ1) is 10.2. The van der Waals surface area contributed by atoms with Gasteiger partial charge in [-0.05, 0) is 0 Å². The van der Waals surface area contributed by atoms with Gasteiger partial charge in [0, 0.05) is 5.82 Å². The Bertz CT molecular complexity index is 620. The first-order valence-corrected chi connectivity index (χ1v) is 7.73. The number of aliphatic hydroxyl groups excluding tert-OH is 2. The van der Waals surface area contributed by atoms with Gasteiger partial charge in [-0.15, -0.1) is 5.10 Å². The van der Waals surface area contributed by atoms with Crippen LogP contribution in [-0.2, 0) is 13.8 Å². The van der Waals surface area contributed by atoms with Gasteiger partial charge in [0.25, 0.3) is 5.91 Å². The molecule has 0 aliphatic carbocycles. The summed E-state index contributed by atoms with van der Waals surface area (Å²) in [6, 6.07) is 0. The molecular formula is C10H15N4O7P. The lowest BCUT2D eigenvalue weighted by Gasteiger charge is -2.15. The van der Waals surface area contributed by atoms with Crippen LogP contribution in [0.4, 0.5) is 0 Å². The second-order valence-electron chi connectivity index (χ2n) is 4.50. The first-order valence-electron chi connectivity index (χ1n) is 6.08. The fourth-order valence-electron chi connectivity index (χ4n) is 1.83. The van der Waals surface area contributed by atoms with Gasteiger partial charge in [-0.2, -0.15) is 0 Å². The molecule has 22 heavy (non-hydrogen) atoms. The Morgan fingerprint density at radius 3 is 2.82 bits per heavy atom. The van der Waals surface area contributed by atoms with Gasteiger partial charge in [0.15, 0.2) is 6.23 Å². The van der Waals surface area contributed by atoms with E-state index in [-0.39, 0.29) is 5.82 Å². The van der Waals surface area contributed by atoms with E-state index >= 15 is 0 Å². The van der Waals surface area contributed by atoms with Gasteiger partial charge in [-0.1, -0.05) is 6.58 Å². The van der Waals surface area contributed by atoms with Gasteiger partial charge in [-0.3, -0.25) is 9.36 Å². The molecule has 1 aromatic heterocycles. The Balaban J connectivity index is 2.07. The molecule has 0 bridgehead atoms. The molecule has 1 fully saturated rings. The maximum absolute atomic E-state index is 11.3. The van der Waals surface area contributed by atoms with Crippen LogP contribution >= 0.6 is 7.60 Å². The lowest BCUT2D eigenvalue weighted by atomic mass is 10.1. The van der Waals surface area contributed by atoms with E-state index in [1.54, 1.807) is 0 Å². The van der Waals surface area contributed by atoms with Crippen LogP contribution in [-0.4, -0.2) is 60.7 Å². The number of carbonyl (C=O) groups excluding carboxylic acids is 1. The van der Waals surface area contributed by atoms with Gasteiger partial charge < -0.3 is 30.1 Å². The van der Waals surface area contributed by atoms with Crippen LogP contribution in [0.25, 0.3) is 0 Å². The van der Waals surface area contributed by atoms with Crippen LogP contribution in [0.2, 0.25) is 0 Å². The molecule has 5 N–H and O–H groups in total. The minimum atomic E-state index is -3.98. The number of nitrogens with two attached hydrogens (primary N) is 1. The van der Waals surface area contributed by atoms with E-state index in [9.17, 15) is 24.5 Å². The lowest BCUT2D eigenvalue weighted by Crippen LogP contribution is -2.33. The molecule has 0 radical (unpaired) electrons. The Labute approximate surface area is 124 Å². The fourth-order valence-corrected chi connectivity index (χ4v) is 2.29. The molecule has 122 valence electrons. The van der Waals surface area contributed by atoms with Gasteiger partial charge in [-0.25, -0.2) is 9.67 Å². The van der Waals surface area contributed by atoms with Crippen molar-refractivity contribution in [1.82, 2.24) is 14.8 Å². The smallest absolute Gasteiger partial charge is 0.351 e. The average molecular weight is 334 g/mol. The molecule has 0 saturated carbocycles. The van der Waals surface area contributed by atoms with Crippen molar-refractivity contribution >= 4 is 13.5 Å². The van der Waals surface area contributed by atoms with Gasteiger partial charge in [0.1, 0.15) is 24.6 Å². The van der Waals surface area contributed by atoms with E-state index in [2.05, 4.69) is 21.2 Å². The van der Waals surface area contributed by atoms with E-state index in [1.165, 1.54) is 0 Å². The summed E-state index contributed by atoms with van der Waals surface area (Å²) in [6.45, 7) is 2.68. The summed E-state index contributed by atoms with van der Waals surface area (Å²) in [6.07, 6.45) is -3.92. The van der Waals surface area contributed by atoms with Crippen molar-refractivity contribution in [3.05, 3.63) is 24.5 Å². The number of amides is 1. The Morgan fingerprint density at radius 1 is 1.59 bits per heavy atom. The van der Waals surface area contributed by atoms with E-state index in [4.69, 9.17) is 10.5 Å². The van der Waals surface area contributed by atoms with Crippen LogP contribution in [0.5, 0.6) is 0 Å². The average Bonchev–Trinajstić information content (AvgIpc) is 3.05. The minimum Gasteiger partial charge on any atom is -0.387 e. The van der Waals surface area contributed by atoms with Gasteiger partial charge in [0.2, 0.25) is 5.82 Å². The third-order valence-electron chi connectivity index (χ3n) is 2.98. The standard InChI is InChI=1S/C10H15N4O7P/c1-2-22(18,19)20-3-5-6(15)7(16)10(21-5)14-4-12-9(13-14)8(11)17/h2,4-7,10,15-16H,1,3H2,(H2,11,17)(H,18,19)/t5?,6-,7-,10-/m1/s1. The molecule has 1 aliphatic heterocycles. The van der Waals surface area contributed by atoms with Crippen LogP contribution in [0.3, 0.4) is 0 Å². The maximum atomic E-state index is 11.3. The van der Waals surface area contributed by atoms with Crippen molar-refractivity contribution < 1.29 is 33.7 Å². The van der Waals surface area contributed by atoms with Crippen molar-refractivity contribution in [3.63, 3.8) is 0 Å². The van der Waals surface area contributed by atoms with E-state index < -0.39 is 44.6 Å². The van der Waals surface area contributed by atoms with Crippen molar-refractivity contribution in [3.8, 4) is 0 Å². The molecule has 0 spiro atoms. The molecule has 1 aromatic rings. The molecule has 1 saturated heterocycles. The Kier molecular flexibility index (Phi) is 4.75. The largest absolute Gasteiger partial charge is 0.387 e. The highest BCUT2D eigenvalue weighted by atomic mass is 31.2. The number of aliphatic hydroxyl groups is 2. The van der Waals surface area contributed by atoms with Crippen molar-refractivity contribution in [2.45, 2.75) is 24.5 Å². The molecule has 2 heterocycles. The van der Waals surface area contributed by atoms with Crippen LogP contribution in [0, 0.1) is 0 Å². The van der Waals surface area contributed by atoms with Crippen molar-refractivity contribution in [2.75, 3.05) is 6.61 Å². The minimum absolute atomic E-state index is 0.281. The number of ether oxygens (including phenoxy) is 1. The van der Waals surface area contributed by atoms with E-state index in [0.29, 0.717) is 0 Å². The summed E-state index contributed by atoms with van der Waals surface area (Å²) in [4.78, 5) is 23.8. The lowest BCUT2D eigenvalue weighted by molar-refractivity contribution is -0.0562. The number of carbonyl (C=O) groups is 1. The highest BCUT2D eigenvalue weighted by Gasteiger charge is 2.45. The summed E-state index contributed by atoms with van der Waals surface area (Å²) in [5, 5.41) is 23.5.